The number of nitrogens with one attached hydrogen (secondary N) is 1. The van der Waals surface area contributed by atoms with Crippen LogP contribution in [0.15, 0.2) is 23.6 Å². The molecule has 2 rings (SSSR count). The molecular formula is C14H14ClFN2O2S. The van der Waals surface area contributed by atoms with Gasteiger partial charge in [-0.2, -0.15) is 0 Å². The largest absolute Gasteiger partial charge is 0.466 e. The quantitative estimate of drug-likeness (QED) is 0.808. The normalized spacial score (nSPS) is 10.4. The van der Waals surface area contributed by atoms with Crippen molar-refractivity contribution in [2.75, 3.05) is 11.9 Å². The lowest BCUT2D eigenvalue weighted by Gasteiger charge is -2.04. The Kier molecular flexibility index (Phi) is 5.52. The van der Waals surface area contributed by atoms with E-state index in [9.17, 15) is 9.18 Å². The number of hydrogen-bond acceptors (Lipinski definition) is 5. The number of hydrogen-bond donors (Lipinski definition) is 1. The van der Waals surface area contributed by atoms with Gasteiger partial charge >= 0.3 is 5.97 Å². The first-order chi connectivity index (χ1) is 10.1. The molecule has 1 aromatic heterocycles. The third kappa shape index (κ3) is 4.68. The first-order valence-electron chi connectivity index (χ1n) is 6.40. The topological polar surface area (TPSA) is 51.2 Å². The van der Waals surface area contributed by atoms with E-state index in [-0.39, 0.29) is 18.1 Å². The number of nitrogens with zero attached hydrogens (tertiary/aromatic N) is 1. The number of benzene rings is 1. The van der Waals surface area contributed by atoms with Crippen molar-refractivity contribution in [1.29, 1.82) is 0 Å². The van der Waals surface area contributed by atoms with Gasteiger partial charge in [0.25, 0.3) is 0 Å². The van der Waals surface area contributed by atoms with Crippen molar-refractivity contribution >= 4 is 39.7 Å². The van der Waals surface area contributed by atoms with E-state index < -0.39 is 5.82 Å². The van der Waals surface area contributed by atoms with Crippen LogP contribution >= 0.6 is 22.9 Å². The maximum absolute atomic E-state index is 13.6. The molecule has 0 saturated heterocycles. The van der Waals surface area contributed by atoms with Gasteiger partial charge in [0.15, 0.2) is 5.13 Å². The van der Waals surface area contributed by atoms with Gasteiger partial charge in [0.1, 0.15) is 5.82 Å². The van der Waals surface area contributed by atoms with Crippen molar-refractivity contribution in [3.05, 3.63) is 40.1 Å². The van der Waals surface area contributed by atoms with Gasteiger partial charge in [-0.3, -0.25) is 4.79 Å². The predicted octanol–water partition coefficient (Wildman–Crippen LogP) is 4.17. The van der Waals surface area contributed by atoms with E-state index in [1.54, 1.807) is 6.92 Å². The van der Waals surface area contributed by atoms with Gasteiger partial charge in [0.2, 0.25) is 0 Å². The van der Waals surface area contributed by atoms with Crippen molar-refractivity contribution in [2.45, 2.75) is 19.8 Å². The Morgan fingerprint density at radius 1 is 1.52 bits per heavy atom. The number of esters is 1. The smallest absolute Gasteiger partial charge is 0.306 e. The highest BCUT2D eigenvalue weighted by molar-refractivity contribution is 7.13. The van der Waals surface area contributed by atoms with Crippen molar-refractivity contribution in [1.82, 2.24) is 4.98 Å². The second-order valence-electron chi connectivity index (χ2n) is 4.20. The van der Waals surface area contributed by atoms with Crippen LogP contribution in [0.1, 0.15) is 19.0 Å². The van der Waals surface area contributed by atoms with E-state index in [4.69, 9.17) is 16.3 Å². The average Bonchev–Trinajstić information content (AvgIpc) is 2.89. The Labute approximate surface area is 130 Å². The third-order valence-electron chi connectivity index (χ3n) is 2.61. The van der Waals surface area contributed by atoms with Crippen LogP contribution < -0.4 is 5.32 Å². The van der Waals surface area contributed by atoms with E-state index in [1.807, 2.05) is 5.38 Å². The van der Waals surface area contributed by atoms with Gasteiger partial charge in [-0.1, -0.05) is 11.6 Å². The van der Waals surface area contributed by atoms with E-state index in [0.717, 1.165) is 5.69 Å². The van der Waals surface area contributed by atoms with E-state index in [2.05, 4.69) is 10.3 Å². The van der Waals surface area contributed by atoms with E-state index >= 15 is 0 Å². The van der Waals surface area contributed by atoms with Crippen LogP contribution in [0.2, 0.25) is 5.02 Å². The van der Waals surface area contributed by atoms with Crippen LogP contribution in [0.25, 0.3) is 0 Å². The molecule has 0 aliphatic rings. The summed E-state index contributed by atoms with van der Waals surface area (Å²) < 4.78 is 18.4. The molecule has 0 aliphatic carbocycles. The van der Waals surface area contributed by atoms with Crippen molar-refractivity contribution in [2.24, 2.45) is 0 Å². The highest BCUT2D eigenvalue weighted by Crippen LogP contribution is 2.26. The summed E-state index contributed by atoms with van der Waals surface area (Å²) in [7, 11) is 0. The molecule has 0 aliphatic heterocycles. The van der Waals surface area contributed by atoms with Gasteiger partial charge in [0, 0.05) is 16.8 Å². The fourth-order valence-corrected chi connectivity index (χ4v) is 2.58. The number of carbonyl (C=O) groups is 1. The summed E-state index contributed by atoms with van der Waals surface area (Å²) >= 11 is 7.17. The zero-order valence-electron chi connectivity index (χ0n) is 11.4. The number of rotatable bonds is 6. The highest BCUT2D eigenvalue weighted by atomic mass is 35.5. The molecule has 0 unspecified atom stereocenters. The van der Waals surface area contributed by atoms with Gasteiger partial charge < -0.3 is 10.1 Å². The molecule has 0 spiro atoms. The molecule has 1 aromatic carbocycles. The molecule has 0 amide bonds. The second-order valence-corrected chi connectivity index (χ2v) is 5.49. The summed E-state index contributed by atoms with van der Waals surface area (Å²) in [6, 6.07) is 4.27. The fraction of sp³-hybridized carbons (Fsp3) is 0.286. The second kappa shape index (κ2) is 7.38. The molecule has 0 bridgehead atoms. The van der Waals surface area contributed by atoms with Gasteiger partial charge in [-0.05, 0) is 25.1 Å². The summed E-state index contributed by atoms with van der Waals surface area (Å²) in [5.74, 6) is -0.649. The monoisotopic (exact) mass is 328 g/mol. The molecule has 0 saturated carbocycles. The van der Waals surface area contributed by atoms with Crippen LogP contribution in [-0.2, 0) is 16.0 Å². The van der Waals surface area contributed by atoms with Gasteiger partial charge in [-0.25, -0.2) is 9.37 Å². The van der Waals surface area contributed by atoms with Crippen molar-refractivity contribution in [3.63, 3.8) is 0 Å². The predicted molar refractivity (Wildman–Crippen MR) is 81.8 cm³/mol. The molecule has 4 nitrogen and oxygen atoms in total. The number of thiazole rings is 1. The molecule has 2 aromatic rings. The molecule has 0 atom stereocenters. The van der Waals surface area contributed by atoms with Crippen molar-refractivity contribution < 1.29 is 13.9 Å². The Morgan fingerprint density at radius 3 is 3.10 bits per heavy atom. The minimum atomic E-state index is -0.400. The Morgan fingerprint density at radius 2 is 2.33 bits per heavy atom. The lowest BCUT2D eigenvalue weighted by atomic mass is 10.2. The van der Waals surface area contributed by atoms with Crippen molar-refractivity contribution in [3.8, 4) is 0 Å². The minimum Gasteiger partial charge on any atom is -0.466 e. The summed E-state index contributed by atoms with van der Waals surface area (Å²) in [5, 5.41) is 5.69. The van der Waals surface area contributed by atoms with Gasteiger partial charge in [-0.15, -0.1) is 11.3 Å². The summed E-state index contributed by atoms with van der Waals surface area (Å²) in [6.45, 7) is 2.14. The number of ether oxygens (including phenoxy) is 1. The Hall–Kier alpha value is -1.66. The van der Waals surface area contributed by atoms with Gasteiger partial charge in [0.05, 0.1) is 24.4 Å². The summed E-state index contributed by atoms with van der Waals surface area (Å²) in [4.78, 5) is 15.6. The maximum Gasteiger partial charge on any atom is 0.306 e. The molecule has 21 heavy (non-hydrogen) atoms. The van der Waals surface area contributed by atoms with Crippen LogP contribution in [0.3, 0.4) is 0 Å². The SMILES string of the molecule is CCOC(=O)CCc1csc(Nc2cc(Cl)ccc2F)n1. The van der Waals surface area contributed by atoms with Crippen LogP contribution in [0, 0.1) is 5.82 Å². The van der Waals surface area contributed by atoms with Crippen LogP contribution in [-0.4, -0.2) is 17.6 Å². The molecule has 112 valence electrons. The number of anilines is 2. The minimum absolute atomic E-state index is 0.249. The number of halogens is 2. The summed E-state index contributed by atoms with van der Waals surface area (Å²) in [6.07, 6.45) is 0.775. The fourth-order valence-electron chi connectivity index (χ4n) is 1.65. The third-order valence-corrected chi connectivity index (χ3v) is 3.65. The molecule has 0 fully saturated rings. The van der Waals surface area contributed by atoms with E-state index in [0.29, 0.717) is 23.2 Å². The molecule has 7 heteroatoms. The standard InChI is InChI=1S/C14H14ClFN2O2S/c1-2-20-13(19)6-4-10-8-21-14(17-10)18-12-7-9(15)3-5-11(12)16/h3,5,7-8H,2,4,6H2,1H3,(H,17,18). The molecule has 0 radical (unpaired) electrons. The molecular weight excluding hydrogens is 315 g/mol. The first-order valence-corrected chi connectivity index (χ1v) is 7.66. The maximum atomic E-state index is 13.6. The summed E-state index contributed by atoms with van der Waals surface area (Å²) in [5.41, 5.74) is 1.03. The number of aromatic nitrogens is 1. The zero-order valence-corrected chi connectivity index (χ0v) is 12.9. The first kappa shape index (κ1) is 15.7. The number of aryl methyl sites for hydroxylation is 1. The average molecular weight is 329 g/mol. The van der Waals surface area contributed by atoms with E-state index in [1.165, 1.54) is 29.5 Å². The highest BCUT2D eigenvalue weighted by Gasteiger charge is 2.09. The van der Waals surface area contributed by atoms with Crippen LogP contribution in [0.4, 0.5) is 15.2 Å². The molecule has 1 heterocycles. The number of carbonyl (C=O) groups excluding carboxylic acids is 1. The Balaban J connectivity index is 1.97. The van der Waals surface area contributed by atoms with Crippen LogP contribution in [0.5, 0.6) is 0 Å². The molecule has 1 N–H and O–H groups in total. The Bertz CT molecular complexity index is 633. The zero-order chi connectivity index (χ0) is 15.2. The lowest BCUT2D eigenvalue weighted by molar-refractivity contribution is -0.143. The lowest BCUT2D eigenvalue weighted by Crippen LogP contribution is -2.05.